The third kappa shape index (κ3) is 4.13. The van der Waals surface area contributed by atoms with Gasteiger partial charge < -0.3 is 18.6 Å². The summed E-state index contributed by atoms with van der Waals surface area (Å²) in [4.78, 5) is 28.8. The van der Waals surface area contributed by atoms with E-state index in [0.717, 1.165) is 23.3 Å². The maximum atomic E-state index is 14.0. The van der Waals surface area contributed by atoms with Gasteiger partial charge in [0, 0.05) is 0 Å². The highest BCUT2D eigenvalue weighted by atomic mass is 28.4. The van der Waals surface area contributed by atoms with Gasteiger partial charge in [-0.3, -0.25) is 4.79 Å². The Kier molecular flexibility index (Phi) is 6.46. The Morgan fingerprint density at radius 3 is 2.15 bits per heavy atom. The van der Waals surface area contributed by atoms with E-state index in [4.69, 9.17) is 9.47 Å². The lowest BCUT2D eigenvalue weighted by Crippen LogP contribution is -2.75. The molecule has 0 N–H and O–H groups in total. The molecule has 1 aromatic carbocycles. The number of ether oxygens (including phenoxy) is 2. The van der Waals surface area contributed by atoms with Crippen LogP contribution in [0.3, 0.4) is 0 Å². The number of carbonyl (C=O) groups is 2. The van der Waals surface area contributed by atoms with E-state index in [1.54, 1.807) is 12.0 Å². The zero-order valence-electron chi connectivity index (χ0n) is 20.6. The van der Waals surface area contributed by atoms with E-state index in [0.29, 0.717) is 6.42 Å². The molecule has 1 aliphatic carbocycles. The molecule has 4 rings (SSSR count). The molecule has 178 valence electrons. The van der Waals surface area contributed by atoms with Gasteiger partial charge in [0.25, 0.3) is 0 Å². The summed E-state index contributed by atoms with van der Waals surface area (Å²) in [5, 5.41) is 0. The van der Waals surface area contributed by atoms with Crippen LogP contribution in [0, 0.1) is 0 Å². The highest BCUT2D eigenvalue weighted by Crippen LogP contribution is 2.49. The number of benzene rings is 1. The first kappa shape index (κ1) is 24.0. The molecule has 0 aromatic heterocycles. The van der Waals surface area contributed by atoms with Gasteiger partial charge >= 0.3 is 5.97 Å². The molecular weight excluding hydrogens is 448 g/mol. The van der Waals surface area contributed by atoms with Crippen molar-refractivity contribution < 1.29 is 19.1 Å². The summed E-state index contributed by atoms with van der Waals surface area (Å²) in [6, 6.07) is 9.33. The summed E-state index contributed by atoms with van der Waals surface area (Å²) in [7, 11) is -0.401. The van der Waals surface area contributed by atoms with Crippen LogP contribution in [0.2, 0.25) is 38.3 Å². The van der Waals surface area contributed by atoms with Crippen LogP contribution in [0.25, 0.3) is 0 Å². The van der Waals surface area contributed by atoms with Crippen LogP contribution in [-0.4, -0.2) is 63.8 Å². The third-order valence-corrected chi connectivity index (χ3v) is 17.8. The Hall–Kier alpha value is -2.17. The average Bonchev–Trinajstić information content (AvgIpc) is 3.03. The molecule has 1 amide bonds. The summed E-state index contributed by atoms with van der Waals surface area (Å²) in [6.45, 7) is 9.56. The molecule has 3 aliphatic rings. The van der Waals surface area contributed by atoms with Gasteiger partial charge in [0.1, 0.15) is 28.3 Å². The topological polar surface area (TPSA) is 59.1 Å². The Morgan fingerprint density at radius 1 is 1.00 bits per heavy atom. The fraction of sp³-hybridized carbons (Fsp3) is 0.520. The van der Waals surface area contributed by atoms with E-state index >= 15 is 0 Å². The Morgan fingerprint density at radius 2 is 1.64 bits per heavy atom. The molecule has 2 aliphatic heterocycles. The molecular formula is C25H36N2O4Si2. The number of rotatable bonds is 6. The van der Waals surface area contributed by atoms with Gasteiger partial charge in [-0.1, -0.05) is 56.5 Å². The normalized spacial score (nSPS) is 27.0. The van der Waals surface area contributed by atoms with Crippen molar-refractivity contribution in [1.29, 1.82) is 0 Å². The lowest BCUT2D eigenvalue weighted by Gasteiger charge is -2.58. The summed E-state index contributed by atoms with van der Waals surface area (Å²) in [5.74, 6) is 0.476. The summed E-state index contributed by atoms with van der Waals surface area (Å²) >= 11 is 0. The van der Waals surface area contributed by atoms with Crippen molar-refractivity contribution in [1.82, 2.24) is 9.13 Å². The molecule has 0 bridgehead atoms. The smallest absolute Gasteiger partial charge is 0.332 e. The van der Waals surface area contributed by atoms with Crippen molar-refractivity contribution in [2.75, 3.05) is 14.2 Å². The van der Waals surface area contributed by atoms with Crippen LogP contribution in [0.1, 0.15) is 24.4 Å². The number of allylic oxidation sites excluding steroid dienone is 3. The quantitative estimate of drug-likeness (QED) is 0.258. The van der Waals surface area contributed by atoms with Gasteiger partial charge in [-0.05, 0) is 48.2 Å². The van der Waals surface area contributed by atoms with Crippen molar-refractivity contribution in [3.8, 4) is 5.75 Å². The number of likely N-dealkylation sites (tertiary alicyclic amines) is 1. The van der Waals surface area contributed by atoms with Crippen LogP contribution in [0.15, 0.2) is 48.1 Å². The largest absolute Gasteiger partial charge is 0.497 e. The second-order valence-electron chi connectivity index (χ2n) is 10.5. The summed E-state index contributed by atoms with van der Waals surface area (Å²) in [5.41, 5.74) is 1.99. The van der Waals surface area contributed by atoms with Gasteiger partial charge in [0.15, 0.2) is 6.04 Å². The molecule has 2 saturated heterocycles. The zero-order chi connectivity index (χ0) is 24.0. The SMILES string of the molecule is COC(=O)[C@@H](C1=CCC=CC1)N1C(=O)[C@@H](N2[Si](C)(C)CC[Si]2(C)C)[C@@H]1c1ccc(OC)cc1. The van der Waals surface area contributed by atoms with Gasteiger partial charge in [-0.2, -0.15) is 0 Å². The predicted molar refractivity (Wildman–Crippen MR) is 135 cm³/mol. The van der Waals surface area contributed by atoms with Crippen LogP contribution in [0.5, 0.6) is 5.75 Å². The van der Waals surface area contributed by atoms with Crippen LogP contribution >= 0.6 is 0 Å². The predicted octanol–water partition coefficient (Wildman–Crippen LogP) is 4.49. The molecule has 2 fully saturated rings. The minimum atomic E-state index is -1.73. The van der Waals surface area contributed by atoms with E-state index in [2.05, 4.69) is 48.6 Å². The lowest BCUT2D eigenvalue weighted by atomic mass is 9.84. The first-order valence-corrected chi connectivity index (χ1v) is 18.1. The second-order valence-corrected chi connectivity index (χ2v) is 20.2. The number of esters is 1. The molecule has 6 nitrogen and oxygen atoms in total. The molecule has 0 unspecified atom stereocenters. The first-order chi connectivity index (χ1) is 15.6. The number of hydrogen-bond acceptors (Lipinski definition) is 5. The number of β-lactam (4-membered cyclic amide) rings is 1. The van der Waals surface area contributed by atoms with E-state index in [1.165, 1.54) is 19.2 Å². The summed E-state index contributed by atoms with van der Waals surface area (Å²) < 4.78 is 13.3. The van der Waals surface area contributed by atoms with Crippen LogP contribution < -0.4 is 4.74 Å². The van der Waals surface area contributed by atoms with Crippen molar-refractivity contribution in [2.24, 2.45) is 0 Å². The monoisotopic (exact) mass is 484 g/mol. The number of nitrogens with zero attached hydrogens (tertiary/aromatic N) is 2. The van der Waals surface area contributed by atoms with Crippen molar-refractivity contribution in [2.45, 2.75) is 69.2 Å². The van der Waals surface area contributed by atoms with Crippen LogP contribution in [0.4, 0.5) is 0 Å². The molecule has 8 heteroatoms. The van der Waals surface area contributed by atoms with Crippen molar-refractivity contribution in [3.63, 3.8) is 0 Å². The highest BCUT2D eigenvalue weighted by molar-refractivity contribution is 6.95. The van der Waals surface area contributed by atoms with E-state index < -0.39 is 22.5 Å². The second kappa shape index (κ2) is 8.89. The van der Waals surface area contributed by atoms with E-state index in [9.17, 15) is 9.59 Å². The molecule has 0 saturated carbocycles. The molecule has 2 heterocycles. The minimum absolute atomic E-state index is 0.0599. The number of methoxy groups -OCH3 is 2. The van der Waals surface area contributed by atoms with Crippen molar-refractivity contribution >= 4 is 28.3 Å². The maximum Gasteiger partial charge on any atom is 0.332 e. The fourth-order valence-electron chi connectivity index (χ4n) is 6.00. The van der Waals surface area contributed by atoms with Crippen LogP contribution in [-0.2, 0) is 14.3 Å². The fourth-order valence-corrected chi connectivity index (χ4v) is 20.6. The summed E-state index contributed by atoms with van der Waals surface area (Å²) in [6.07, 6.45) is 7.66. The van der Waals surface area contributed by atoms with Gasteiger partial charge in [-0.15, -0.1) is 0 Å². The van der Waals surface area contributed by atoms with E-state index in [1.807, 2.05) is 24.3 Å². The Labute approximate surface area is 199 Å². The number of hydrogen-bond donors (Lipinski definition) is 0. The molecule has 3 atom stereocenters. The van der Waals surface area contributed by atoms with Crippen molar-refractivity contribution in [3.05, 3.63) is 53.6 Å². The lowest BCUT2D eigenvalue weighted by molar-refractivity contribution is -0.167. The average molecular weight is 485 g/mol. The van der Waals surface area contributed by atoms with Gasteiger partial charge in [-0.25, -0.2) is 4.79 Å². The third-order valence-electron chi connectivity index (χ3n) is 7.58. The Balaban J connectivity index is 1.80. The van der Waals surface area contributed by atoms with Gasteiger partial charge in [0.05, 0.1) is 20.3 Å². The molecule has 0 radical (unpaired) electrons. The number of amides is 1. The maximum absolute atomic E-state index is 14.0. The molecule has 33 heavy (non-hydrogen) atoms. The van der Waals surface area contributed by atoms with E-state index in [-0.39, 0.29) is 24.0 Å². The molecule has 0 spiro atoms. The minimum Gasteiger partial charge on any atom is -0.497 e. The van der Waals surface area contributed by atoms with Gasteiger partial charge in [0.2, 0.25) is 5.91 Å². The first-order valence-electron chi connectivity index (χ1n) is 11.8. The number of carbonyl (C=O) groups excluding carboxylic acids is 2. The molecule has 1 aromatic rings. The standard InChI is InChI=1S/C25H36N2O4Si2/c1-30-20-14-12-19(13-15-20)21-23(27-32(3,4)16-17-33(27,5)6)24(28)26(21)22(25(29)31-2)18-10-8-7-9-11-18/h7-8,11-15,21-23H,9-10,16-17H2,1-6H3/t21-,22+,23-/m0/s1. The zero-order valence-corrected chi connectivity index (χ0v) is 22.6. The highest BCUT2D eigenvalue weighted by Gasteiger charge is 2.62. The Bertz CT molecular complexity index is 971.